The molecule has 120 valence electrons. The van der Waals surface area contributed by atoms with Gasteiger partial charge in [0.05, 0.1) is 6.54 Å². The van der Waals surface area contributed by atoms with E-state index in [1.54, 1.807) is 6.07 Å². The van der Waals surface area contributed by atoms with Crippen LogP contribution in [0.3, 0.4) is 0 Å². The monoisotopic (exact) mass is 329 g/mol. The fourth-order valence-corrected chi connectivity index (χ4v) is 3.25. The van der Waals surface area contributed by atoms with Crippen LogP contribution in [-0.2, 0) is 11.2 Å². The molecule has 5 heteroatoms. The first kappa shape index (κ1) is 15.7. The molecule has 0 bridgehead atoms. The molecule has 0 saturated heterocycles. The Morgan fingerprint density at radius 1 is 1.35 bits per heavy atom. The van der Waals surface area contributed by atoms with E-state index in [1.165, 1.54) is 0 Å². The van der Waals surface area contributed by atoms with Gasteiger partial charge in [0.1, 0.15) is 0 Å². The second-order valence-corrected chi connectivity index (χ2v) is 6.31. The second-order valence-electron chi connectivity index (χ2n) is 5.88. The zero-order valence-corrected chi connectivity index (χ0v) is 13.9. The Kier molecular flexibility index (Phi) is 4.44. The molecule has 0 atom stereocenters. The second kappa shape index (κ2) is 6.50. The molecule has 0 aliphatic carbocycles. The molecule has 1 aliphatic rings. The summed E-state index contributed by atoms with van der Waals surface area (Å²) in [5.41, 5.74) is 10.8. The summed E-state index contributed by atoms with van der Waals surface area (Å²) in [6, 6.07) is 11.3. The number of amides is 1. The topological polar surface area (TPSA) is 58.4 Å². The first-order chi connectivity index (χ1) is 11.0. The van der Waals surface area contributed by atoms with Crippen molar-refractivity contribution in [2.45, 2.75) is 19.8 Å². The summed E-state index contributed by atoms with van der Waals surface area (Å²) >= 11 is 5.95. The molecular formula is C18H20ClN3O. The van der Waals surface area contributed by atoms with Crippen LogP contribution in [0.15, 0.2) is 36.4 Å². The number of anilines is 3. The van der Waals surface area contributed by atoms with Crippen molar-refractivity contribution in [2.75, 3.05) is 29.0 Å². The highest BCUT2D eigenvalue weighted by molar-refractivity contribution is 6.30. The van der Waals surface area contributed by atoms with E-state index in [0.717, 1.165) is 47.6 Å². The highest BCUT2D eigenvalue weighted by atomic mass is 35.5. The normalized spacial score (nSPS) is 13.6. The summed E-state index contributed by atoms with van der Waals surface area (Å²) in [5, 5.41) is 3.63. The van der Waals surface area contributed by atoms with Crippen LogP contribution in [-0.4, -0.2) is 19.0 Å². The van der Waals surface area contributed by atoms with Gasteiger partial charge in [-0.2, -0.15) is 0 Å². The van der Waals surface area contributed by atoms with Crippen LogP contribution in [0, 0.1) is 6.92 Å². The van der Waals surface area contributed by atoms with Crippen LogP contribution in [0.5, 0.6) is 0 Å². The number of fused-ring (bicyclic) bond motifs is 1. The average molecular weight is 330 g/mol. The zero-order chi connectivity index (χ0) is 16.4. The number of nitrogens with two attached hydrogens (primary N) is 1. The fourth-order valence-electron chi connectivity index (χ4n) is 3.02. The SMILES string of the molecule is Cc1cc(Cl)ccc1NC(=O)CN1CCCc2c(N)cccc21. The molecule has 3 rings (SSSR count). The summed E-state index contributed by atoms with van der Waals surface area (Å²) in [4.78, 5) is 14.5. The Labute approximate surface area is 141 Å². The lowest BCUT2D eigenvalue weighted by Gasteiger charge is -2.31. The summed E-state index contributed by atoms with van der Waals surface area (Å²) in [7, 11) is 0. The van der Waals surface area contributed by atoms with Gasteiger partial charge in [-0.25, -0.2) is 0 Å². The maximum Gasteiger partial charge on any atom is 0.243 e. The van der Waals surface area contributed by atoms with Gasteiger partial charge >= 0.3 is 0 Å². The molecule has 0 spiro atoms. The van der Waals surface area contributed by atoms with Crippen LogP contribution in [0.2, 0.25) is 5.02 Å². The van der Waals surface area contributed by atoms with Gasteiger partial charge in [-0.3, -0.25) is 4.79 Å². The number of benzene rings is 2. The number of rotatable bonds is 3. The van der Waals surface area contributed by atoms with Crippen molar-refractivity contribution < 1.29 is 4.79 Å². The predicted octanol–water partition coefficient (Wildman–Crippen LogP) is 3.62. The molecule has 23 heavy (non-hydrogen) atoms. The van der Waals surface area contributed by atoms with Gasteiger partial charge in [0.25, 0.3) is 0 Å². The number of aryl methyl sites for hydroxylation is 1. The van der Waals surface area contributed by atoms with Crippen molar-refractivity contribution in [2.24, 2.45) is 0 Å². The van der Waals surface area contributed by atoms with Crippen LogP contribution in [0.25, 0.3) is 0 Å². The van der Waals surface area contributed by atoms with Crippen molar-refractivity contribution in [3.63, 3.8) is 0 Å². The summed E-state index contributed by atoms with van der Waals surface area (Å²) in [6.45, 7) is 3.11. The fraction of sp³-hybridized carbons (Fsp3) is 0.278. The average Bonchev–Trinajstić information content (AvgIpc) is 2.51. The molecule has 0 saturated carbocycles. The van der Waals surface area contributed by atoms with E-state index >= 15 is 0 Å². The van der Waals surface area contributed by atoms with E-state index in [2.05, 4.69) is 10.2 Å². The highest BCUT2D eigenvalue weighted by Crippen LogP contribution is 2.31. The smallest absolute Gasteiger partial charge is 0.243 e. The van der Waals surface area contributed by atoms with Gasteiger partial charge in [0.15, 0.2) is 0 Å². The largest absolute Gasteiger partial charge is 0.398 e. The van der Waals surface area contributed by atoms with Gasteiger partial charge in [0.2, 0.25) is 5.91 Å². The molecule has 1 heterocycles. The van der Waals surface area contributed by atoms with Crippen molar-refractivity contribution in [3.05, 3.63) is 52.5 Å². The lowest BCUT2D eigenvalue weighted by molar-refractivity contribution is -0.115. The number of nitrogen functional groups attached to an aromatic ring is 1. The van der Waals surface area contributed by atoms with Crippen LogP contribution >= 0.6 is 11.6 Å². The Morgan fingerprint density at radius 3 is 2.96 bits per heavy atom. The number of nitrogens with zero attached hydrogens (tertiary/aromatic N) is 1. The highest BCUT2D eigenvalue weighted by Gasteiger charge is 2.20. The molecule has 0 unspecified atom stereocenters. The number of halogens is 1. The molecule has 3 N–H and O–H groups in total. The Bertz CT molecular complexity index is 745. The summed E-state index contributed by atoms with van der Waals surface area (Å²) in [6.07, 6.45) is 1.98. The van der Waals surface area contributed by atoms with Gasteiger partial charge in [-0.05, 0) is 61.2 Å². The van der Waals surface area contributed by atoms with E-state index in [1.807, 2.05) is 37.3 Å². The molecule has 0 aromatic heterocycles. The van der Waals surface area contributed by atoms with E-state index < -0.39 is 0 Å². The van der Waals surface area contributed by atoms with Crippen molar-refractivity contribution in [1.29, 1.82) is 0 Å². The molecule has 4 nitrogen and oxygen atoms in total. The first-order valence-electron chi connectivity index (χ1n) is 7.73. The minimum absolute atomic E-state index is 0.0364. The maximum absolute atomic E-state index is 12.4. The van der Waals surface area contributed by atoms with Crippen LogP contribution < -0.4 is 16.0 Å². The lowest BCUT2D eigenvalue weighted by atomic mass is 10.00. The van der Waals surface area contributed by atoms with Gasteiger partial charge < -0.3 is 16.0 Å². The maximum atomic E-state index is 12.4. The van der Waals surface area contributed by atoms with Crippen LogP contribution in [0.4, 0.5) is 17.1 Å². The number of carbonyl (C=O) groups is 1. The minimum atomic E-state index is -0.0364. The Morgan fingerprint density at radius 2 is 2.17 bits per heavy atom. The molecule has 0 fully saturated rings. The van der Waals surface area contributed by atoms with E-state index in [4.69, 9.17) is 17.3 Å². The molecule has 1 aliphatic heterocycles. The van der Waals surface area contributed by atoms with E-state index in [0.29, 0.717) is 11.6 Å². The Balaban J connectivity index is 1.73. The quantitative estimate of drug-likeness (QED) is 0.845. The lowest BCUT2D eigenvalue weighted by Crippen LogP contribution is -2.37. The molecule has 1 amide bonds. The number of carbonyl (C=O) groups excluding carboxylic acids is 1. The van der Waals surface area contributed by atoms with E-state index in [-0.39, 0.29) is 5.91 Å². The first-order valence-corrected chi connectivity index (χ1v) is 8.10. The summed E-state index contributed by atoms with van der Waals surface area (Å²) < 4.78 is 0. The van der Waals surface area contributed by atoms with Gasteiger partial charge in [0, 0.05) is 28.6 Å². The zero-order valence-electron chi connectivity index (χ0n) is 13.1. The molecule has 0 radical (unpaired) electrons. The molecular weight excluding hydrogens is 310 g/mol. The third-order valence-corrected chi connectivity index (χ3v) is 4.42. The summed E-state index contributed by atoms with van der Waals surface area (Å²) in [5.74, 6) is -0.0364. The standard InChI is InChI=1S/C18H20ClN3O/c1-12-10-13(19)7-8-16(12)21-18(23)11-22-9-3-4-14-15(20)5-2-6-17(14)22/h2,5-8,10H,3-4,9,11,20H2,1H3,(H,21,23). The third kappa shape index (κ3) is 3.42. The van der Waals surface area contributed by atoms with Crippen molar-refractivity contribution in [1.82, 2.24) is 0 Å². The number of hydrogen-bond acceptors (Lipinski definition) is 3. The molecule has 2 aromatic rings. The molecule has 2 aromatic carbocycles. The predicted molar refractivity (Wildman–Crippen MR) is 96.2 cm³/mol. The van der Waals surface area contributed by atoms with Gasteiger partial charge in [-0.15, -0.1) is 0 Å². The van der Waals surface area contributed by atoms with Crippen molar-refractivity contribution in [3.8, 4) is 0 Å². The Hall–Kier alpha value is -2.20. The minimum Gasteiger partial charge on any atom is -0.398 e. The third-order valence-electron chi connectivity index (χ3n) is 4.18. The number of hydrogen-bond donors (Lipinski definition) is 2. The van der Waals surface area contributed by atoms with Crippen LogP contribution in [0.1, 0.15) is 17.5 Å². The number of nitrogens with one attached hydrogen (secondary N) is 1. The van der Waals surface area contributed by atoms with E-state index in [9.17, 15) is 4.79 Å². The van der Waals surface area contributed by atoms with Gasteiger partial charge in [-0.1, -0.05) is 17.7 Å². The van der Waals surface area contributed by atoms with Crippen molar-refractivity contribution >= 4 is 34.6 Å².